The number of amides is 1. The molecule has 0 unspecified atom stereocenters. The SMILES string of the molecule is O=C(NCc1cc(-c2ccc3ncnc(NCc4ccccc4)c3c2)ccc1F)c1ccc(CF)cc1CF. The molecule has 0 radical (unpaired) electrons. The highest BCUT2D eigenvalue weighted by Gasteiger charge is 2.14. The first-order chi connectivity index (χ1) is 19.1. The summed E-state index contributed by atoms with van der Waals surface area (Å²) < 4.78 is 41.0. The third-order valence-electron chi connectivity index (χ3n) is 6.47. The topological polar surface area (TPSA) is 66.9 Å². The van der Waals surface area contributed by atoms with Gasteiger partial charge in [0.2, 0.25) is 0 Å². The molecule has 0 bridgehead atoms. The third-order valence-corrected chi connectivity index (χ3v) is 6.47. The van der Waals surface area contributed by atoms with Crippen LogP contribution in [0.1, 0.15) is 32.6 Å². The lowest BCUT2D eigenvalue weighted by atomic mass is 10.0. The van der Waals surface area contributed by atoms with Crippen molar-refractivity contribution in [2.24, 2.45) is 0 Å². The molecule has 39 heavy (non-hydrogen) atoms. The van der Waals surface area contributed by atoms with Crippen LogP contribution < -0.4 is 10.6 Å². The fraction of sp³-hybridized carbons (Fsp3) is 0.129. The molecule has 1 aromatic heterocycles. The van der Waals surface area contributed by atoms with Crippen molar-refractivity contribution in [3.63, 3.8) is 0 Å². The summed E-state index contributed by atoms with van der Waals surface area (Å²) in [6.07, 6.45) is 1.51. The van der Waals surface area contributed by atoms with Crippen LogP contribution in [0.2, 0.25) is 0 Å². The molecule has 0 atom stereocenters. The van der Waals surface area contributed by atoms with Crippen molar-refractivity contribution in [1.82, 2.24) is 15.3 Å². The van der Waals surface area contributed by atoms with E-state index in [0.29, 0.717) is 12.4 Å². The minimum absolute atomic E-state index is 0.0898. The maximum Gasteiger partial charge on any atom is 0.251 e. The molecular formula is C31H25F3N4O. The van der Waals surface area contributed by atoms with Gasteiger partial charge in [0.25, 0.3) is 5.91 Å². The summed E-state index contributed by atoms with van der Waals surface area (Å²) in [7, 11) is 0. The first kappa shape index (κ1) is 25.9. The average Bonchev–Trinajstić information content (AvgIpc) is 2.99. The molecule has 0 aliphatic heterocycles. The van der Waals surface area contributed by atoms with Gasteiger partial charge < -0.3 is 10.6 Å². The van der Waals surface area contributed by atoms with Crippen molar-refractivity contribution in [3.8, 4) is 11.1 Å². The Labute approximate surface area is 223 Å². The van der Waals surface area contributed by atoms with Crippen LogP contribution in [-0.4, -0.2) is 15.9 Å². The number of anilines is 1. The van der Waals surface area contributed by atoms with E-state index in [1.165, 1.54) is 30.6 Å². The highest BCUT2D eigenvalue weighted by molar-refractivity contribution is 5.96. The van der Waals surface area contributed by atoms with E-state index in [9.17, 15) is 18.0 Å². The van der Waals surface area contributed by atoms with Crippen LogP contribution in [0.5, 0.6) is 0 Å². The smallest absolute Gasteiger partial charge is 0.251 e. The zero-order chi connectivity index (χ0) is 27.2. The summed E-state index contributed by atoms with van der Waals surface area (Å²) in [5.74, 6) is -0.357. The van der Waals surface area contributed by atoms with Crippen molar-refractivity contribution in [3.05, 3.63) is 125 Å². The Hall–Kier alpha value is -4.72. The van der Waals surface area contributed by atoms with Gasteiger partial charge in [0, 0.05) is 29.6 Å². The monoisotopic (exact) mass is 526 g/mol. The van der Waals surface area contributed by atoms with E-state index < -0.39 is 25.1 Å². The Morgan fingerprint density at radius 3 is 2.33 bits per heavy atom. The van der Waals surface area contributed by atoms with Gasteiger partial charge in [-0.2, -0.15) is 0 Å². The molecular weight excluding hydrogens is 501 g/mol. The van der Waals surface area contributed by atoms with Crippen molar-refractivity contribution in [2.75, 3.05) is 5.32 Å². The van der Waals surface area contributed by atoms with Crippen molar-refractivity contribution >= 4 is 22.6 Å². The van der Waals surface area contributed by atoms with Gasteiger partial charge in [-0.3, -0.25) is 4.79 Å². The highest BCUT2D eigenvalue weighted by atomic mass is 19.1. The maximum atomic E-state index is 14.7. The van der Waals surface area contributed by atoms with Crippen LogP contribution in [0.25, 0.3) is 22.0 Å². The summed E-state index contributed by atoms with van der Waals surface area (Å²) in [4.78, 5) is 21.5. The zero-order valence-corrected chi connectivity index (χ0v) is 20.9. The lowest BCUT2D eigenvalue weighted by Crippen LogP contribution is -2.24. The van der Waals surface area contributed by atoms with Gasteiger partial charge in [0.05, 0.1) is 5.52 Å². The molecule has 0 saturated carbocycles. The third kappa shape index (κ3) is 5.90. The van der Waals surface area contributed by atoms with E-state index in [0.717, 1.165) is 27.6 Å². The second-order valence-electron chi connectivity index (χ2n) is 9.04. The molecule has 2 N–H and O–H groups in total. The number of carbonyl (C=O) groups is 1. The van der Waals surface area contributed by atoms with Crippen LogP contribution in [0.4, 0.5) is 19.0 Å². The lowest BCUT2D eigenvalue weighted by Gasteiger charge is -2.12. The van der Waals surface area contributed by atoms with Gasteiger partial charge in [-0.05, 0) is 64.2 Å². The Balaban J connectivity index is 1.37. The molecule has 196 valence electrons. The van der Waals surface area contributed by atoms with E-state index in [1.54, 1.807) is 12.1 Å². The predicted molar refractivity (Wildman–Crippen MR) is 146 cm³/mol. The van der Waals surface area contributed by atoms with Gasteiger partial charge in [0.1, 0.15) is 31.3 Å². The average molecular weight is 527 g/mol. The Morgan fingerprint density at radius 2 is 1.54 bits per heavy atom. The second kappa shape index (κ2) is 11.8. The number of carbonyl (C=O) groups excluding carboxylic acids is 1. The second-order valence-corrected chi connectivity index (χ2v) is 9.04. The molecule has 1 amide bonds. The molecule has 0 spiro atoms. The Kier molecular flexibility index (Phi) is 7.82. The summed E-state index contributed by atoms with van der Waals surface area (Å²) in [6.45, 7) is -1.17. The van der Waals surface area contributed by atoms with Gasteiger partial charge >= 0.3 is 0 Å². The minimum atomic E-state index is -0.908. The fourth-order valence-corrected chi connectivity index (χ4v) is 4.38. The molecule has 0 aliphatic rings. The zero-order valence-electron chi connectivity index (χ0n) is 20.9. The van der Waals surface area contributed by atoms with E-state index in [2.05, 4.69) is 20.6 Å². The van der Waals surface area contributed by atoms with E-state index in [1.807, 2.05) is 48.5 Å². The summed E-state index contributed by atoms with van der Waals surface area (Å²) >= 11 is 0. The first-order valence-electron chi connectivity index (χ1n) is 12.4. The van der Waals surface area contributed by atoms with Crippen LogP contribution >= 0.6 is 0 Å². The van der Waals surface area contributed by atoms with Crippen LogP contribution in [-0.2, 0) is 26.4 Å². The number of nitrogens with one attached hydrogen (secondary N) is 2. The van der Waals surface area contributed by atoms with Crippen LogP contribution in [0.15, 0.2) is 91.3 Å². The lowest BCUT2D eigenvalue weighted by molar-refractivity contribution is 0.0949. The minimum Gasteiger partial charge on any atom is -0.365 e. The van der Waals surface area contributed by atoms with Crippen LogP contribution in [0.3, 0.4) is 0 Å². The predicted octanol–water partition coefficient (Wildman–Crippen LogP) is 6.92. The standard InChI is InChI=1S/C31H25F3N4O/c32-15-21-6-9-26(24(12-21)16-33)31(39)36-18-25-13-22(7-10-28(25)34)23-8-11-29-27(14-23)30(38-19-37-29)35-17-20-4-2-1-3-5-20/h1-14,19H,15-18H2,(H,36,39)(H,35,37,38). The number of fused-ring (bicyclic) bond motifs is 1. The quantitative estimate of drug-likeness (QED) is 0.219. The molecule has 4 aromatic carbocycles. The normalized spacial score (nSPS) is 10.9. The van der Waals surface area contributed by atoms with Crippen molar-refractivity contribution < 1.29 is 18.0 Å². The number of hydrogen-bond donors (Lipinski definition) is 2. The number of rotatable bonds is 9. The highest BCUT2D eigenvalue weighted by Crippen LogP contribution is 2.28. The summed E-state index contributed by atoms with van der Waals surface area (Å²) in [6, 6.07) is 24.5. The number of nitrogens with zero attached hydrogens (tertiary/aromatic N) is 2. The molecule has 5 rings (SSSR count). The van der Waals surface area contributed by atoms with Crippen molar-refractivity contribution in [1.29, 1.82) is 0 Å². The number of halogens is 3. The first-order valence-corrected chi connectivity index (χ1v) is 12.4. The summed E-state index contributed by atoms with van der Waals surface area (Å²) in [5.41, 5.74) is 4.20. The molecule has 0 saturated heterocycles. The fourth-order valence-electron chi connectivity index (χ4n) is 4.38. The molecule has 0 fully saturated rings. The van der Waals surface area contributed by atoms with Crippen LogP contribution in [0, 0.1) is 5.82 Å². The number of aromatic nitrogens is 2. The van der Waals surface area contributed by atoms with Crippen molar-refractivity contribution in [2.45, 2.75) is 26.4 Å². The largest absolute Gasteiger partial charge is 0.365 e. The van der Waals surface area contributed by atoms with E-state index in [-0.39, 0.29) is 28.8 Å². The van der Waals surface area contributed by atoms with Gasteiger partial charge in [-0.15, -0.1) is 0 Å². The van der Waals surface area contributed by atoms with E-state index in [4.69, 9.17) is 0 Å². The van der Waals surface area contributed by atoms with Gasteiger partial charge in [-0.25, -0.2) is 23.1 Å². The molecule has 5 nitrogen and oxygen atoms in total. The van der Waals surface area contributed by atoms with Gasteiger partial charge in [0.15, 0.2) is 0 Å². The van der Waals surface area contributed by atoms with E-state index >= 15 is 0 Å². The molecule has 0 aliphatic carbocycles. The van der Waals surface area contributed by atoms with Gasteiger partial charge in [-0.1, -0.05) is 48.5 Å². The molecule has 1 heterocycles. The number of alkyl halides is 2. The maximum absolute atomic E-state index is 14.7. The number of hydrogen-bond acceptors (Lipinski definition) is 4. The number of benzene rings is 4. The molecule has 5 aromatic rings. The summed E-state index contributed by atoms with van der Waals surface area (Å²) in [5, 5.41) is 6.83. The Bertz CT molecular complexity index is 1630. The Morgan fingerprint density at radius 1 is 0.744 bits per heavy atom. The molecule has 8 heteroatoms.